The fourth-order valence-corrected chi connectivity index (χ4v) is 2.26. The highest BCUT2D eigenvalue weighted by Crippen LogP contribution is 2.29. The largest absolute Gasteiger partial charge is 0.479 e. The molecule has 2 aromatic rings. The molecule has 0 aromatic carbocycles. The zero-order valence-electron chi connectivity index (χ0n) is 10.5. The van der Waals surface area contributed by atoms with Crippen LogP contribution < -0.4 is 4.74 Å². The van der Waals surface area contributed by atoms with E-state index in [1.807, 2.05) is 10.8 Å². The monoisotopic (exact) mass is 313 g/mol. The molecule has 0 atom stereocenters. The van der Waals surface area contributed by atoms with Crippen LogP contribution >= 0.6 is 15.9 Å². The average Bonchev–Trinajstić information content (AvgIpc) is 2.72. The smallest absolute Gasteiger partial charge is 0.241 e. The third-order valence-electron chi connectivity index (χ3n) is 2.64. The van der Waals surface area contributed by atoms with Crippen molar-refractivity contribution < 1.29 is 9.47 Å². The van der Waals surface area contributed by atoms with E-state index in [2.05, 4.69) is 32.8 Å². The van der Waals surface area contributed by atoms with Gasteiger partial charge < -0.3 is 14.0 Å². The van der Waals surface area contributed by atoms with Gasteiger partial charge in [0.15, 0.2) is 0 Å². The highest BCUT2D eigenvalue weighted by atomic mass is 79.9. The molecule has 0 bridgehead atoms. The van der Waals surface area contributed by atoms with E-state index in [1.165, 1.54) is 6.33 Å². The molecular weight excluding hydrogens is 298 g/mol. The van der Waals surface area contributed by atoms with Crippen molar-refractivity contribution in [1.29, 1.82) is 0 Å². The molecule has 5 nitrogen and oxygen atoms in total. The van der Waals surface area contributed by atoms with Crippen molar-refractivity contribution in [2.24, 2.45) is 0 Å². The fourth-order valence-electron chi connectivity index (χ4n) is 1.72. The maximum absolute atomic E-state index is 5.61. The van der Waals surface area contributed by atoms with Gasteiger partial charge in [-0.15, -0.1) is 0 Å². The maximum atomic E-state index is 5.61. The first-order chi connectivity index (χ1) is 8.77. The van der Waals surface area contributed by atoms with Gasteiger partial charge in [-0.25, -0.2) is 4.98 Å². The van der Waals surface area contributed by atoms with Crippen LogP contribution in [0.5, 0.6) is 5.88 Å². The zero-order valence-corrected chi connectivity index (χ0v) is 12.1. The van der Waals surface area contributed by atoms with Gasteiger partial charge in [0.1, 0.15) is 24.1 Å². The molecule has 0 unspecified atom stereocenters. The molecule has 0 aliphatic carbocycles. The lowest BCUT2D eigenvalue weighted by Gasteiger charge is -2.08. The van der Waals surface area contributed by atoms with Gasteiger partial charge in [0.05, 0.1) is 11.6 Å². The number of halogens is 1. The number of unbranched alkanes of at least 4 members (excludes halogenated alkanes) is 1. The minimum atomic E-state index is 0.478. The number of rotatable bonds is 6. The summed E-state index contributed by atoms with van der Waals surface area (Å²) in [5.74, 6) is 0.560. The summed E-state index contributed by atoms with van der Waals surface area (Å²) in [6.45, 7) is 3.37. The molecule has 0 radical (unpaired) electrons. The molecule has 2 heterocycles. The summed E-state index contributed by atoms with van der Waals surface area (Å²) >= 11 is 3.48. The van der Waals surface area contributed by atoms with E-state index in [-0.39, 0.29) is 0 Å². The minimum absolute atomic E-state index is 0.478. The van der Waals surface area contributed by atoms with Gasteiger partial charge in [-0.1, -0.05) is 13.3 Å². The van der Waals surface area contributed by atoms with Gasteiger partial charge in [0, 0.05) is 12.8 Å². The van der Waals surface area contributed by atoms with E-state index in [0.29, 0.717) is 12.6 Å². The molecule has 18 heavy (non-hydrogen) atoms. The van der Waals surface area contributed by atoms with Crippen molar-refractivity contribution in [3.63, 3.8) is 0 Å². The first-order valence-electron chi connectivity index (χ1n) is 5.89. The number of aromatic nitrogens is 3. The summed E-state index contributed by atoms with van der Waals surface area (Å²) in [7, 11) is 1.60. The summed E-state index contributed by atoms with van der Waals surface area (Å²) in [6, 6.07) is 0. The molecular formula is C12H16BrN3O2. The van der Waals surface area contributed by atoms with Gasteiger partial charge in [0.25, 0.3) is 0 Å². The summed E-state index contributed by atoms with van der Waals surface area (Å²) in [5, 5.41) is 0. The van der Waals surface area contributed by atoms with E-state index in [9.17, 15) is 0 Å². The Morgan fingerprint density at radius 3 is 2.94 bits per heavy atom. The fraction of sp³-hybridized carbons (Fsp3) is 0.500. The van der Waals surface area contributed by atoms with Gasteiger partial charge in [-0.05, 0) is 22.4 Å². The third-order valence-corrected chi connectivity index (χ3v) is 3.22. The van der Waals surface area contributed by atoms with Crippen LogP contribution in [0.3, 0.4) is 0 Å². The molecule has 0 amide bonds. The second-order valence-electron chi connectivity index (χ2n) is 3.92. The molecule has 6 heteroatoms. The molecule has 0 N–H and O–H groups in total. The number of methoxy groups -OCH3 is 1. The van der Waals surface area contributed by atoms with Crippen LogP contribution in [0.25, 0.3) is 11.0 Å². The lowest BCUT2D eigenvalue weighted by atomic mass is 10.4. The van der Waals surface area contributed by atoms with Crippen LogP contribution in [0.15, 0.2) is 17.0 Å². The highest BCUT2D eigenvalue weighted by Gasteiger charge is 2.13. The Morgan fingerprint density at radius 2 is 2.22 bits per heavy atom. The quantitative estimate of drug-likeness (QED) is 0.769. The predicted molar refractivity (Wildman–Crippen MR) is 72.6 cm³/mol. The van der Waals surface area contributed by atoms with E-state index in [1.54, 1.807) is 7.11 Å². The SMILES string of the molecule is CCCCOCn1cc(Br)c2ncnc(OC)c21. The second kappa shape index (κ2) is 6.15. The Labute approximate surface area is 114 Å². The normalized spacial score (nSPS) is 11.1. The van der Waals surface area contributed by atoms with Crippen molar-refractivity contribution in [3.05, 3.63) is 17.0 Å². The van der Waals surface area contributed by atoms with Crippen molar-refractivity contribution in [3.8, 4) is 5.88 Å². The molecule has 0 saturated heterocycles. The minimum Gasteiger partial charge on any atom is -0.479 e. The molecule has 98 valence electrons. The Hall–Kier alpha value is -1.14. The molecule has 2 aromatic heterocycles. The summed E-state index contributed by atoms with van der Waals surface area (Å²) in [6.07, 6.45) is 5.62. The van der Waals surface area contributed by atoms with E-state index in [4.69, 9.17) is 9.47 Å². The molecule has 2 rings (SSSR count). The van der Waals surface area contributed by atoms with Crippen LogP contribution in [0.1, 0.15) is 19.8 Å². The summed E-state index contributed by atoms with van der Waals surface area (Å²) < 4.78 is 13.7. The van der Waals surface area contributed by atoms with Crippen LogP contribution in [0.4, 0.5) is 0 Å². The number of nitrogens with zero attached hydrogens (tertiary/aromatic N) is 3. The van der Waals surface area contributed by atoms with E-state index in [0.717, 1.165) is 35.0 Å². The summed E-state index contributed by atoms with van der Waals surface area (Å²) in [4.78, 5) is 8.35. The first kappa shape index (κ1) is 13.3. The molecule has 0 saturated carbocycles. The molecule has 0 fully saturated rings. The van der Waals surface area contributed by atoms with Gasteiger partial charge in [-0.2, -0.15) is 4.98 Å². The Kier molecular flexibility index (Phi) is 4.54. The number of hydrogen-bond acceptors (Lipinski definition) is 4. The van der Waals surface area contributed by atoms with Crippen LogP contribution in [0, 0.1) is 0 Å². The van der Waals surface area contributed by atoms with Crippen LogP contribution in [-0.4, -0.2) is 28.3 Å². The lowest BCUT2D eigenvalue weighted by Crippen LogP contribution is -2.04. The Balaban J connectivity index is 2.26. The van der Waals surface area contributed by atoms with Gasteiger partial charge in [0.2, 0.25) is 5.88 Å². The van der Waals surface area contributed by atoms with Crippen molar-refractivity contribution in [2.75, 3.05) is 13.7 Å². The topological polar surface area (TPSA) is 49.2 Å². The first-order valence-corrected chi connectivity index (χ1v) is 6.68. The number of ether oxygens (including phenoxy) is 2. The Morgan fingerprint density at radius 1 is 1.39 bits per heavy atom. The Bertz CT molecular complexity index is 527. The molecule has 0 spiro atoms. The average molecular weight is 314 g/mol. The standard InChI is InChI=1S/C12H16BrN3O2/c1-3-4-5-18-8-16-6-9(13)10-11(16)12(17-2)15-7-14-10/h6-7H,3-5,8H2,1-2H3. The van der Waals surface area contributed by atoms with Gasteiger partial charge >= 0.3 is 0 Å². The third kappa shape index (κ3) is 2.64. The van der Waals surface area contributed by atoms with Gasteiger partial charge in [-0.3, -0.25) is 0 Å². The van der Waals surface area contributed by atoms with E-state index < -0.39 is 0 Å². The van der Waals surface area contributed by atoms with Crippen molar-refractivity contribution >= 4 is 27.0 Å². The second-order valence-corrected chi connectivity index (χ2v) is 4.77. The van der Waals surface area contributed by atoms with Crippen molar-refractivity contribution in [1.82, 2.24) is 14.5 Å². The number of hydrogen-bond donors (Lipinski definition) is 0. The van der Waals surface area contributed by atoms with E-state index >= 15 is 0 Å². The molecule has 0 aliphatic rings. The van der Waals surface area contributed by atoms with Crippen molar-refractivity contribution in [2.45, 2.75) is 26.5 Å². The lowest BCUT2D eigenvalue weighted by molar-refractivity contribution is 0.0773. The van der Waals surface area contributed by atoms with Crippen LogP contribution in [-0.2, 0) is 11.5 Å². The zero-order chi connectivity index (χ0) is 13.0. The highest BCUT2D eigenvalue weighted by molar-refractivity contribution is 9.10. The summed E-state index contributed by atoms with van der Waals surface area (Å²) in [5.41, 5.74) is 1.68. The molecule has 0 aliphatic heterocycles. The number of fused-ring (bicyclic) bond motifs is 1. The maximum Gasteiger partial charge on any atom is 0.241 e. The van der Waals surface area contributed by atoms with Crippen LogP contribution in [0.2, 0.25) is 0 Å². The predicted octanol–water partition coefficient (Wildman–Crippen LogP) is 2.98.